The Kier molecular flexibility index (Phi) is 6.64. The van der Waals surface area contributed by atoms with Gasteiger partial charge in [-0.3, -0.25) is 10.1 Å². The van der Waals surface area contributed by atoms with Crippen LogP contribution < -0.4 is 5.32 Å². The van der Waals surface area contributed by atoms with Gasteiger partial charge in [-0.05, 0) is 26.7 Å². The average molecular weight is 281 g/mol. The topological polar surface area (TPSA) is 63.1 Å². The second-order valence-electron chi connectivity index (χ2n) is 5.37. The van der Waals surface area contributed by atoms with Gasteiger partial charge in [-0.2, -0.15) is 5.10 Å². The fraction of sp³-hybridized carbons (Fsp3) is 0.786. The van der Waals surface area contributed by atoms with Gasteiger partial charge >= 0.3 is 0 Å². The number of carbonyl (C=O) groups excluding carboxylic acids is 1. The van der Waals surface area contributed by atoms with E-state index in [9.17, 15) is 4.79 Å². The highest BCUT2D eigenvalue weighted by Crippen LogP contribution is 2.02. The third-order valence-electron chi connectivity index (χ3n) is 3.25. The molecule has 114 valence electrons. The molecule has 20 heavy (non-hydrogen) atoms. The summed E-state index contributed by atoms with van der Waals surface area (Å²) in [4.78, 5) is 18.2. The van der Waals surface area contributed by atoms with Gasteiger partial charge in [0.05, 0.1) is 12.6 Å². The summed E-state index contributed by atoms with van der Waals surface area (Å²) >= 11 is 0. The van der Waals surface area contributed by atoms with Gasteiger partial charge < -0.3 is 4.90 Å². The summed E-state index contributed by atoms with van der Waals surface area (Å²) in [6.07, 6.45) is 1.57. The van der Waals surface area contributed by atoms with Gasteiger partial charge in [-0.25, -0.2) is 9.67 Å². The maximum absolute atomic E-state index is 12.1. The first kappa shape index (κ1) is 16.6. The van der Waals surface area contributed by atoms with E-state index in [4.69, 9.17) is 0 Å². The van der Waals surface area contributed by atoms with E-state index in [1.54, 1.807) is 6.33 Å². The lowest BCUT2D eigenvalue weighted by Crippen LogP contribution is -2.44. The molecule has 1 rings (SSSR count). The minimum absolute atomic E-state index is 0.130. The average Bonchev–Trinajstić information content (AvgIpc) is 2.83. The zero-order chi connectivity index (χ0) is 15.1. The van der Waals surface area contributed by atoms with Crippen LogP contribution in [0.1, 0.15) is 40.4 Å². The lowest BCUT2D eigenvalue weighted by atomic mass is 10.2. The van der Waals surface area contributed by atoms with Crippen LogP contribution in [0.5, 0.6) is 0 Å². The van der Waals surface area contributed by atoms with Crippen LogP contribution >= 0.6 is 0 Å². The molecule has 1 N–H and O–H groups in total. The summed E-state index contributed by atoms with van der Waals surface area (Å²) in [6.45, 7) is 13.0. The zero-order valence-electron chi connectivity index (χ0n) is 13.3. The van der Waals surface area contributed by atoms with E-state index in [1.807, 2.05) is 30.4 Å². The Morgan fingerprint density at radius 2 is 2.00 bits per heavy atom. The van der Waals surface area contributed by atoms with Gasteiger partial charge in [0.2, 0.25) is 5.91 Å². The van der Waals surface area contributed by atoms with Gasteiger partial charge in [-0.15, -0.1) is 0 Å². The number of aromatic nitrogens is 3. The Bertz CT molecular complexity index is 411. The maximum atomic E-state index is 12.1. The predicted octanol–water partition coefficient (Wildman–Crippen LogP) is 1.28. The van der Waals surface area contributed by atoms with Gasteiger partial charge in [0, 0.05) is 19.6 Å². The molecule has 0 fully saturated rings. The number of carbonyl (C=O) groups is 1. The predicted molar refractivity (Wildman–Crippen MR) is 79.1 cm³/mol. The summed E-state index contributed by atoms with van der Waals surface area (Å²) in [5, 5.41) is 7.45. The maximum Gasteiger partial charge on any atom is 0.239 e. The molecule has 0 spiro atoms. The van der Waals surface area contributed by atoms with Crippen molar-refractivity contribution in [3.63, 3.8) is 0 Å². The minimum atomic E-state index is -0.209. The first-order valence-corrected chi connectivity index (χ1v) is 7.38. The van der Waals surface area contributed by atoms with Crippen LogP contribution in [-0.4, -0.2) is 44.7 Å². The first-order chi connectivity index (χ1) is 9.49. The quantitative estimate of drug-likeness (QED) is 0.779. The molecule has 0 aliphatic heterocycles. The Morgan fingerprint density at radius 1 is 1.35 bits per heavy atom. The van der Waals surface area contributed by atoms with Crippen molar-refractivity contribution in [2.24, 2.45) is 5.92 Å². The fourth-order valence-electron chi connectivity index (χ4n) is 2.06. The van der Waals surface area contributed by atoms with E-state index in [0.29, 0.717) is 12.5 Å². The molecule has 1 aromatic rings. The standard InChI is InChI=1S/C14H27N5O/c1-6-18(7-2)14(20)12(5)15-8-13-16-10-17-19(13)9-11(3)4/h10-12,15H,6-9H2,1-5H3. The van der Waals surface area contributed by atoms with E-state index in [0.717, 1.165) is 25.5 Å². The highest BCUT2D eigenvalue weighted by molar-refractivity contribution is 5.81. The third kappa shape index (κ3) is 4.59. The largest absolute Gasteiger partial charge is 0.342 e. The summed E-state index contributed by atoms with van der Waals surface area (Å²) in [6, 6.07) is -0.209. The van der Waals surface area contributed by atoms with Gasteiger partial charge in [0.1, 0.15) is 12.2 Å². The van der Waals surface area contributed by atoms with E-state index in [1.165, 1.54) is 0 Å². The molecule has 1 atom stereocenters. The molecule has 0 aromatic carbocycles. The minimum Gasteiger partial charge on any atom is -0.342 e. The van der Waals surface area contributed by atoms with E-state index in [2.05, 4.69) is 29.2 Å². The van der Waals surface area contributed by atoms with Crippen molar-refractivity contribution in [3.8, 4) is 0 Å². The van der Waals surface area contributed by atoms with Crippen molar-refractivity contribution >= 4 is 5.91 Å². The second-order valence-corrected chi connectivity index (χ2v) is 5.37. The van der Waals surface area contributed by atoms with Gasteiger partial charge in [0.25, 0.3) is 0 Å². The number of nitrogens with zero attached hydrogens (tertiary/aromatic N) is 4. The van der Waals surface area contributed by atoms with E-state index < -0.39 is 0 Å². The molecule has 0 saturated carbocycles. The molecule has 0 bridgehead atoms. The number of amides is 1. The number of hydrogen-bond acceptors (Lipinski definition) is 4. The van der Waals surface area contributed by atoms with Crippen molar-refractivity contribution in [3.05, 3.63) is 12.2 Å². The second kappa shape index (κ2) is 7.99. The normalized spacial score (nSPS) is 12.7. The SMILES string of the molecule is CCN(CC)C(=O)C(C)NCc1ncnn1CC(C)C. The molecule has 6 nitrogen and oxygen atoms in total. The van der Waals surface area contributed by atoms with Crippen LogP contribution in [0.3, 0.4) is 0 Å². The molecule has 1 aromatic heterocycles. The summed E-state index contributed by atoms with van der Waals surface area (Å²) in [5.74, 6) is 1.52. The summed E-state index contributed by atoms with van der Waals surface area (Å²) in [7, 11) is 0. The lowest BCUT2D eigenvalue weighted by Gasteiger charge is -2.23. The molecule has 0 aliphatic carbocycles. The van der Waals surface area contributed by atoms with Crippen molar-refractivity contribution < 1.29 is 4.79 Å². The smallest absolute Gasteiger partial charge is 0.239 e. The monoisotopic (exact) mass is 281 g/mol. The van der Waals surface area contributed by atoms with Crippen molar-refractivity contribution in [1.82, 2.24) is 25.0 Å². The molecular formula is C14H27N5O. The lowest BCUT2D eigenvalue weighted by molar-refractivity contribution is -0.132. The van der Waals surface area contributed by atoms with Gasteiger partial charge in [0.15, 0.2) is 0 Å². The number of rotatable bonds is 8. The Labute approximate surface area is 121 Å². The molecule has 0 aliphatic rings. The van der Waals surface area contributed by atoms with Crippen LogP contribution in [0.25, 0.3) is 0 Å². The van der Waals surface area contributed by atoms with E-state index in [-0.39, 0.29) is 11.9 Å². The Morgan fingerprint density at radius 3 is 2.55 bits per heavy atom. The molecular weight excluding hydrogens is 254 g/mol. The van der Waals surface area contributed by atoms with Crippen molar-refractivity contribution in [2.75, 3.05) is 13.1 Å². The first-order valence-electron chi connectivity index (χ1n) is 7.38. The Hall–Kier alpha value is -1.43. The molecule has 0 saturated heterocycles. The molecule has 1 heterocycles. The van der Waals surface area contributed by atoms with Crippen LogP contribution in [0.4, 0.5) is 0 Å². The molecule has 6 heteroatoms. The van der Waals surface area contributed by atoms with Crippen LogP contribution in [0.15, 0.2) is 6.33 Å². The number of likely N-dealkylation sites (N-methyl/N-ethyl adjacent to an activating group) is 1. The summed E-state index contributed by atoms with van der Waals surface area (Å²) in [5.41, 5.74) is 0. The van der Waals surface area contributed by atoms with Crippen LogP contribution in [-0.2, 0) is 17.9 Å². The highest BCUT2D eigenvalue weighted by Gasteiger charge is 2.18. The number of hydrogen-bond donors (Lipinski definition) is 1. The Balaban J connectivity index is 2.54. The molecule has 0 radical (unpaired) electrons. The zero-order valence-corrected chi connectivity index (χ0v) is 13.3. The van der Waals surface area contributed by atoms with Crippen molar-refractivity contribution in [1.29, 1.82) is 0 Å². The fourth-order valence-corrected chi connectivity index (χ4v) is 2.06. The van der Waals surface area contributed by atoms with Gasteiger partial charge in [-0.1, -0.05) is 13.8 Å². The number of nitrogens with one attached hydrogen (secondary N) is 1. The third-order valence-corrected chi connectivity index (χ3v) is 3.25. The van der Waals surface area contributed by atoms with Crippen LogP contribution in [0.2, 0.25) is 0 Å². The highest BCUT2D eigenvalue weighted by atomic mass is 16.2. The van der Waals surface area contributed by atoms with Crippen LogP contribution in [0, 0.1) is 5.92 Å². The summed E-state index contributed by atoms with van der Waals surface area (Å²) < 4.78 is 1.90. The molecule has 1 unspecified atom stereocenters. The van der Waals surface area contributed by atoms with Crippen molar-refractivity contribution in [2.45, 2.75) is 53.8 Å². The van der Waals surface area contributed by atoms with E-state index >= 15 is 0 Å². The molecule has 1 amide bonds.